The highest BCUT2D eigenvalue weighted by Gasteiger charge is 2.24. The number of nitrogen functional groups attached to an aromatic ring is 1. The van der Waals surface area contributed by atoms with Crippen molar-refractivity contribution in [2.75, 3.05) is 12.8 Å². The molecule has 0 aliphatic carbocycles. The first-order valence-electron chi connectivity index (χ1n) is 10.7. The van der Waals surface area contributed by atoms with E-state index >= 15 is 0 Å². The molecular weight excluding hydrogens is 448 g/mol. The summed E-state index contributed by atoms with van der Waals surface area (Å²) >= 11 is 1.21. The van der Waals surface area contributed by atoms with Crippen LogP contribution in [0.15, 0.2) is 71.5 Å². The Balaban J connectivity index is 1.71. The van der Waals surface area contributed by atoms with Crippen LogP contribution in [0, 0.1) is 6.92 Å². The predicted octanol–water partition coefficient (Wildman–Crippen LogP) is 5.37. The second kappa shape index (κ2) is 8.35. The standard InChI is InChI=1S/C27H22N2O4S/c1-15-12-18(10-11-21(15)33-2)25-24(27(31)32)29-22(30)14-19(23(28)26(29)34-25)13-17-8-5-7-16-6-3-4-9-20(16)17/h3-12,14H,13,28H2,1-2H3,(H,31,32). The lowest BCUT2D eigenvalue weighted by molar-refractivity contribution is 0.0690. The van der Waals surface area contributed by atoms with Crippen LogP contribution in [0.5, 0.6) is 5.75 Å². The van der Waals surface area contributed by atoms with Crippen LogP contribution >= 0.6 is 11.3 Å². The summed E-state index contributed by atoms with van der Waals surface area (Å²) < 4.78 is 6.54. The highest BCUT2D eigenvalue weighted by Crippen LogP contribution is 2.38. The summed E-state index contributed by atoms with van der Waals surface area (Å²) in [5.74, 6) is -0.478. The van der Waals surface area contributed by atoms with Gasteiger partial charge in [-0.05, 0) is 58.1 Å². The molecule has 2 heterocycles. The van der Waals surface area contributed by atoms with E-state index in [9.17, 15) is 14.7 Å². The lowest BCUT2D eigenvalue weighted by Gasteiger charge is -2.10. The van der Waals surface area contributed by atoms with Crippen molar-refractivity contribution in [3.63, 3.8) is 0 Å². The van der Waals surface area contributed by atoms with Crippen molar-refractivity contribution in [1.29, 1.82) is 0 Å². The molecule has 5 rings (SSSR count). The number of methoxy groups -OCH3 is 1. The fourth-order valence-electron chi connectivity index (χ4n) is 4.41. The van der Waals surface area contributed by atoms with Gasteiger partial charge in [-0.1, -0.05) is 42.5 Å². The van der Waals surface area contributed by atoms with Gasteiger partial charge in [-0.15, -0.1) is 11.3 Å². The number of hydrogen-bond acceptors (Lipinski definition) is 5. The Bertz CT molecular complexity index is 1640. The van der Waals surface area contributed by atoms with E-state index in [0.717, 1.165) is 21.9 Å². The Morgan fingerprint density at radius 2 is 1.82 bits per heavy atom. The van der Waals surface area contributed by atoms with Gasteiger partial charge in [0.05, 0.1) is 17.7 Å². The zero-order valence-electron chi connectivity index (χ0n) is 18.7. The molecule has 0 atom stereocenters. The maximum Gasteiger partial charge on any atom is 0.354 e. The summed E-state index contributed by atoms with van der Waals surface area (Å²) in [5, 5.41) is 12.2. The van der Waals surface area contributed by atoms with Gasteiger partial charge in [-0.2, -0.15) is 0 Å². The third-order valence-corrected chi connectivity index (χ3v) is 7.28. The van der Waals surface area contributed by atoms with Gasteiger partial charge in [0.2, 0.25) is 0 Å². The van der Waals surface area contributed by atoms with Crippen LogP contribution in [0.3, 0.4) is 0 Å². The Kier molecular flexibility index (Phi) is 5.34. The summed E-state index contributed by atoms with van der Waals surface area (Å²) in [7, 11) is 1.59. The Morgan fingerprint density at radius 1 is 1.06 bits per heavy atom. The van der Waals surface area contributed by atoms with Crippen molar-refractivity contribution in [3.05, 3.63) is 99.5 Å². The zero-order valence-corrected chi connectivity index (χ0v) is 19.5. The van der Waals surface area contributed by atoms with Crippen LogP contribution in [0.4, 0.5) is 5.69 Å². The first kappa shape index (κ1) is 21.7. The highest BCUT2D eigenvalue weighted by atomic mass is 32.1. The molecule has 0 aliphatic heterocycles. The smallest absolute Gasteiger partial charge is 0.354 e. The number of nitrogens with zero attached hydrogens (tertiary/aromatic N) is 1. The highest BCUT2D eigenvalue weighted by molar-refractivity contribution is 7.21. The van der Waals surface area contributed by atoms with Crippen LogP contribution in [0.1, 0.15) is 27.2 Å². The van der Waals surface area contributed by atoms with Gasteiger partial charge in [0.1, 0.15) is 10.6 Å². The lowest BCUT2D eigenvalue weighted by Crippen LogP contribution is -2.19. The number of aryl methyl sites for hydroxylation is 1. The van der Waals surface area contributed by atoms with E-state index in [4.69, 9.17) is 10.5 Å². The number of carboxylic acid groups (broad SMARTS) is 1. The van der Waals surface area contributed by atoms with E-state index in [1.54, 1.807) is 19.2 Å². The molecule has 3 N–H and O–H groups in total. The molecule has 34 heavy (non-hydrogen) atoms. The van der Waals surface area contributed by atoms with Crippen LogP contribution < -0.4 is 16.0 Å². The number of aromatic nitrogens is 1. The number of fused-ring (bicyclic) bond motifs is 2. The van der Waals surface area contributed by atoms with Gasteiger partial charge in [-0.3, -0.25) is 9.20 Å². The summed E-state index contributed by atoms with van der Waals surface area (Å²) in [5.41, 5.74) is 9.76. The number of thiazole rings is 1. The number of nitrogens with two attached hydrogens (primary N) is 1. The summed E-state index contributed by atoms with van der Waals surface area (Å²) in [6.45, 7) is 1.89. The molecule has 5 aromatic rings. The molecule has 0 amide bonds. The molecule has 0 fully saturated rings. The average molecular weight is 471 g/mol. The minimum atomic E-state index is -1.18. The molecular formula is C27H22N2O4S. The van der Waals surface area contributed by atoms with Gasteiger partial charge >= 0.3 is 5.97 Å². The summed E-state index contributed by atoms with van der Waals surface area (Å²) in [6.07, 6.45) is 0.468. The molecule has 7 heteroatoms. The van der Waals surface area contributed by atoms with E-state index in [0.29, 0.717) is 38.7 Å². The molecule has 6 nitrogen and oxygen atoms in total. The predicted molar refractivity (Wildman–Crippen MR) is 136 cm³/mol. The molecule has 0 radical (unpaired) electrons. The van der Waals surface area contributed by atoms with Crippen molar-refractivity contribution >= 4 is 38.6 Å². The van der Waals surface area contributed by atoms with Crippen molar-refractivity contribution < 1.29 is 14.6 Å². The SMILES string of the molecule is COc1ccc(-c2sc3c(N)c(Cc4cccc5ccccc45)cc(=O)n3c2C(=O)O)cc1C. The first-order valence-corrected chi connectivity index (χ1v) is 11.5. The molecule has 3 aromatic carbocycles. The van der Waals surface area contributed by atoms with Gasteiger partial charge < -0.3 is 15.6 Å². The molecule has 0 aliphatic rings. The molecule has 0 saturated heterocycles. The van der Waals surface area contributed by atoms with Crippen LogP contribution in [0.2, 0.25) is 0 Å². The fraction of sp³-hybridized carbons (Fsp3) is 0.111. The van der Waals surface area contributed by atoms with Gasteiger partial charge in [0, 0.05) is 12.5 Å². The number of ether oxygens (including phenoxy) is 1. The van der Waals surface area contributed by atoms with Gasteiger partial charge in [-0.25, -0.2) is 4.79 Å². The molecule has 0 unspecified atom stereocenters. The van der Waals surface area contributed by atoms with Crippen LogP contribution in [0.25, 0.3) is 26.0 Å². The Morgan fingerprint density at radius 3 is 2.56 bits per heavy atom. The number of hydrogen-bond donors (Lipinski definition) is 2. The maximum atomic E-state index is 13.2. The van der Waals surface area contributed by atoms with Crippen molar-refractivity contribution in [2.45, 2.75) is 13.3 Å². The number of rotatable bonds is 5. The van der Waals surface area contributed by atoms with Crippen LogP contribution in [-0.4, -0.2) is 22.6 Å². The second-order valence-electron chi connectivity index (χ2n) is 8.15. The third-order valence-electron chi connectivity index (χ3n) is 6.06. The summed E-state index contributed by atoms with van der Waals surface area (Å²) in [4.78, 5) is 26.3. The van der Waals surface area contributed by atoms with E-state index in [1.807, 2.05) is 55.5 Å². The topological polar surface area (TPSA) is 94.0 Å². The number of carboxylic acids is 1. The molecule has 0 saturated carbocycles. The first-order chi connectivity index (χ1) is 16.4. The number of anilines is 1. The maximum absolute atomic E-state index is 13.2. The lowest BCUT2D eigenvalue weighted by atomic mass is 9.98. The quantitative estimate of drug-likeness (QED) is 0.360. The summed E-state index contributed by atoms with van der Waals surface area (Å²) in [6, 6.07) is 21.0. The zero-order chi connectivity index (χ0) is 24.0. The van der Waals surface area contributed by atoms with E-state index in [-0.39, 0.29) is 5.69 Å². The fourth-order valence-corrected chi connectivity index (χ4v) is 5.64. The average Bonchev–Trinajstić information content (AvgIpc) is 3.24. The molecule has 0 bridgehead atoms. The van der Waals surface area contributed by atoms with Gasteiger partial charge in [0.25, 0.3) is 5.56 Å². The van der Waals surface area contributed by atoms with Crippen LogP contribution in [-0.2, 0) is 6.42 Å². The molecule has 0 spiro atoms. The van der Waals surface area contributed by atoms with Crippen molar-refractivity contribution in [1.82, 2.24) is 4.40 Å². The number of aromatic carboxylic acids is 1. The van der Waals surface area contributed by atoms with Crippen molar-refractivity contribution in [3.8, 4) is 16.2 Å². The Hall–Kier alpha value is -4.10. The third kappa shape index (κ3) is 3.50. The second-order valence-corrected chi connectivity index (χ2v) is 9.15. The number of pyridine rings is 1. The molecule has 170 valence electrons. The minimum Gasteiger partial charge on any atom is -0.496 e. The molecule has 2 aromatic heterocycles. The van der Waals surface area contributed by atoms with Gasteiger partial charge in [0.15, 0.2) is 5.69 Å². The van der Waals surface area contributed by atoms with E-state index in [2.05, 4.69) is 0 Å². The normalized spacial score (nSPS) is 11.2. The van der Waals surface area contributed by atoms with Crippen molar-refractivity contribution in [2.24, 2.45) is 0 Å². The van der Waals surface area contributed by atoms with E-state index in [1.165, 1.54) is 21.8 Å². The largest absolute Gasteiger partial charge is 0.496 e. The minimum absolute atomic E-state index is 0.0852. The monoisotopic (exact) mass is 470 g/mol. The number of carbonyl (C=O) groups is 1. The number of benzene rings is 3. The van der Waals surface area contributed by atoms with E-state index < -0.39 is 11.5 Å². The Labute approximate surface area is 199 Å².